The summed E-state index contributed by atoms with van der Waals surface area (Å²) in [6, 6.07) is 5.89. The second-order valence-corrected chi connectivity index (χ2v) is 5.73. The highest BCUT2D eigenvalue weighted by molar-refractivity contribution is 5.95. The lowest BCUT2D eigenvalue weighted by Gasteiger charge is -2.34. The number of carbonyl (C=O) groups excluding carboxylic acids is 1. The lowest BCUT2D eigenvalue weighted by molar-refractivity contribution is 0.0265. The van der Waals surface area contributed by atoms with Crippen LogP contribution in [0.2, 0.25) is 0 Å². The van der Waals surface area contributed by atoms with Crippen molar-refractivity contribution in [2.45, 2.75) is 25.4 Å². The maximum absolute atomic E-state index is 12.3. The van der Waals surface area contributed by atoms with E-state index in [4.69, 9.17) is 0 Å². The summed E-state index contributed by atoms with van der Waals surface area (Å²) >= 11 is 0. The van der Waals surface area contributed by atoms with E-state index < -0.39 is 0 Å². The molecule has 0 bridgehead atoms. The first-order valence-electron chi connectivity index (χ1n) is 6.94. The summed E-state index contributed by atoms with van der Waals surface area (Å²) in [6.07, 6.45) is 2.49. The predicted octanol–water partition coefficient (Wildman–Crippen LogP) is 1.50. The molecule has 1 aliphatic heterocycles. The Morgan fingerprint density at radius 2 is 2.26 bits per heavy atom. The average Bonchev–Trinajstić information content (AvgIpc) is 2.83. The van der Waals surface area contributed by atoms with Gasteiger partial charge in [0, 0.05) is 31.4 Å². The van der Waals surface area contributed by atoms with Crippen LogP contribution in [0.15, 0.2) is 18.2 Å². The second-order valence-electron chi connectivity index (χ2n) is 5.73. The standard InChI is InChI=1S/C15H20N2O2/c1-17(9-10-6-13(18)7-10)15(19)12-2-3-14-11(8-12)4-5-16-14/h2-3,8,10,13,16,18H,4-7,9H2,1H3. The molecule has 1 aliphatic carbocycles. The number of rotatable bonds is 3. The Morgan fingerprint density at radius 3 is 3.00 bits per heavy atom. The van der Waals surface area contributed by atoms with Crippen LogP contribution < -0.4 is 5.32 Å². The molecule has 4 nitrogen and oxygen atoms in total. The van der Waals surface area contributed by atoms with Gasteiger partial charge in [-0.05, 0) is 48.9 Å². The van der Waals surface area contributed by atoms with Gasteiger partial charge in [0.15, 0.2) is 0 Å². The molecule has 0 spiro atoms. The molecule has 1 amide bonds. The lowest BCUT2D eigenvalue weighted by atomic mass is 9.82. The number of aliphatic hydroxyl groups is 1. The minimum atomic E-state index is -0.153. The summed E-state index contributed by atoms with van der Waals surface area (Å²) in [5.41, 5.74) is 3.16. The van der Waals surface area contributed by atoms with Gasteiger partial charge in [-0.3, -0.25) is 4.79 Å². The molecule has 3 rings (SSSR count). The molecule has 1 fully saturated rings. The Hall–Kier alpha value is -1.55. The van der Waals surface area contributed by atoms with Gasteiger partial charge in [-0.1, -0.05) is 0 Å². The normalized spacial score (nSPS) is 24.3. The Morgan fingerprint density at radius 1 is 1.47 bits per heavy atom. The van der Waals surface area contributed by atoms with Crippen molar-refractivity contribution in [3.05, 3.63) is 29.3 Å². The quantitative estimate of drug-likeness (QED) is 0.866. The highest BCUT2D eigenvalue weighted by Gasteiger charge is 2.29. The Balaban J connectivity index is 1.66. The Bertz CT molecular complexity index is 495. The van der Waals surface area contributed by atoms with Crippen LogP contribution in [0.25, 0.3) is 0 Å². The number of anilines is 1. The first-order chi connectivity index (χ1) is 9.13. The molecule has 1 aromatic carbocycles. The van der Waals surface area contributed by atoms with Crippen LogP contribution in [0.3, 0.4) is 0 Å². The molecule has 19 heavy (non-hydrogen) atoms. The summed E-state index contributed by atoms with van der Waals surface area (Å²) in [5, 5.41) is 12.6. The zero-order valence-corrected chi connectivity index (χ0v) is 11.2. The molecule has 2 aliphatic rings. The average molecular weight is 260 g/mol. The number of carbonyl (C=O) groups is 1. The maximum Gasteiger partial charge on any atom is 0.253 e. The number of fused-ring (bicyclic) bond motifs is 1. The van der Waals surface area contributed by atoms with Gasteiger partial charge in [0.05, 0.1) is 6.10 Å². The van der Waals surface area contributed by atoms with Crippen LogP contribution in [0, 0.1) is 5.92 Å². The zero-order valence-electron chi connectivity index (χ0n) is 11.2. The number of aliphatic hydroxyl groups excluding tert-OH is 1. The van der Waals surface area contributed by atoms with Gasteiger partial charge < -0.3 is 15.3 Å². The summed E-state index contributed by atoms with van der Waals surface area (Å²) in [6.45, 7) is 1.70. The SMILES string of the molecule is CN(CC1CC(O)C1)C(=O)c1ccc2c(c1)CCN2. The molecule has 2 N–H and O–H groups in total. The molecule has 0 unspecified atom stereocenters. The van der Waals surface area contributed by atoms with Crippen molar-refractivity contribution in [3.8, 4) is 0 Å². The van der Waals surface area contributed by atoms with Crippen LogP contribution in [-0.4, -0.2) is 42.2 Å². The highest BCUT2D eigenvalue weighted by Crippen LogP contribution is 2.28. The van der Waals surface area contributed by atoms with Gasteiger partial charge in [0.1, 0.15) is 0 Å². The molecule has 1 aromatic rings. The molecular formula is C15H20N2O2. The van der Waals surface area contributed by atoms with Gasteiger partial charge in [-0.25, -0.2) is 0 Å². The second kappa shape index (κ2) is 4.85. The molecular weight excluding hydrogens is 240 g/mol. The van der Waals surface area contributed by atoms with E-state index in [1.54, 1.807) is 4.90 Å². The number of hydrogen-bond acceptors (Lipinski definition) is 3. The lowest BCUT2D eigenvalue weighted by Crippen LogP contribution is -2.39. The van der Waals surface area contributed by atoms with Gasteiger partial charge in [0.2, 0.25) is 0 Å². The van der Waals surface area contributed by atoms with Gasteiger partial charge in [-0.2, -0.15) is 0 Å². The summed E-state index contributed by atoms with van der Waals surface area (Å²) in [5.74, 6) is 0.538. The van der Waals surface area contributed by atoms with Crippen molar-refractivity contribution >= 4 is 11.6 Å². The molecule has 4 heteroatoms. The van der Waals surface area contributed by atoms with E-state index in [1.165, 1.54) is 5.56 Å². The van der Waals surface area contributed by atoms with E-state index in [-0.39, 0.29) is 12.0 Å². The van der Waals surface area contributed by atoms with Crippen molar-refractivity contribution < 1.29 is 9.90 Å². The van der Waals surface area contributed by atoms with Crippen molar-refractivity contribution in [1.82, 2.24) is 4.90 Å². The van der Waals surface area contributed by atoms with Gasteiger partial charge in [0.25, 0.3) is 5.91 Å². The highest BCUT2D eigenvalue weighted by atomic mass is 16.3. The fraction of sp³-hybridized carbons (Fsp3) is 0.533. The predicted molar refractivity (Wildman–Crippen MR) is 74.3 cm³/mol. The number of benzene rings is 1. The first kappa shape index (κ1) is 12.5. The Kier molecular flexibility index (Phi) is 3.19. The number of amides is 1. The topological polar surface area (TPSA) is 52.6 Å². The minimum absolute atomic E-state index is 0.0797. The number of nitrogens with one attached hydrogen (secondary N) is 1. The van der Waals surface area contributed by atoms with Crippen molar-refractivity contribution in [3.63, 3.8) is 0 Å². The summed E-state index contributed by atoms with van der Waals surface area (Å²) < 4.78 is 0. The van der Waals surface area contributed by atoms with Crippen molar-refractivity contribution in [2.24, 2.45) is 5.92 Å². The summed E-state index contributed by atoms with van der Waals surface area (Å²) in [7, 11) is 1.85. The van der Waals surface area contributed by atoms with Crippen LogP contribution >= 0.6 is 0 Å². The number of nitrogens with zero attached hydrogens (tertiary/aromatic N) is 1. The van der Waals surface area contributed by atoms with E-state index in [0.29, 0.717) is 5.92 Å². The largest absolute Gasteiger partial charge is 0.393 e. The van der Waals surface area contributed by atoms with Crippen LogP contribution in [0.4, 0.5) is 5.69 Å². The van der Waals surface area contributed by atoms with E-state index in [9.17, 15) is 9.90 Å². The molecule has 1 heterocycles. The Labute approximate surface area is 113 Å². The van der Waals surface area contributed by atoms with E-state index >= 15 is 0 Å². The van der Waals surface area contributed by atoms with E-state index in [1.807, 2.05) is 25.2 Å². The summed E-state index contributed by atoms with van der Waals surface area (Å²) in [4.78, 5) is 14.1. The van der Waals surface area contributed by atoms with Crippen LogP contribution in [-0.2, 0) is 6.42 Å². The number of hydrogen-bond donors (Lipinski definition) is 2. The third kappa shape index (κ3) is 2.45. The van der Waals surface area contributed by atoms with Crippen LogP contribution in [0.1, 0.15) is 28.8 Å². The fourth-order valence-corrected chi connectivity index (χ4v) is 2.98. The monoisotopic (exact) mass is 260 g/mol. The molecule has 0 radical (unpaired) electrons. The molecule has 0 saturated heterocycles. The van der Waals surface area contributed by atoms with E-state index in [0.717, 1.165) is 43.6 Å². The first-order valence-corrected chi connectivity index (χ1v) is 6.94. The third-order valence-corrected chi connectivity index (χ3v) is 4.15. The van der Waals surface area contributed by atoms with Crippen molar-refractivity contribution in [1.29, 1.82) is 0 Å². The van der Waals surface area contributed by atoms with Gasteiger partial charge >= 0.3 is 0 Å². The maximum atomic E-state index is 12.3. The molecule has 0 aromatic heterocycles. The van der Waals surface area contributed by atoms with E-state index in [2.05, 4.69) is 5.32 Å². The smallest absolute Gasteiger partial charge is 0.253 e. The van der Waals surface area contributed by atoms with Crippen molar-refractivity contribution in [2.75, 3.05) is 25.5 Å². The molecule has 102 valence electrons. The zero-order chi connectivity index (χ0) is 13.4. The molecule has 1 saturated carbocycles. The van der Waals surface area contributed by atoms with Crippen LogP contribution in [0.5, 0.6) is 0 Å². The third-order valence-electron chi connectivity index (χ3n) is 4.15. The molecule has 0 atom stereocenters. The van der Waals surface area contributed by atoms with Gasteiger partial charge in [-0.15, -0.1) is 0 Å². The fourth-order valence-electron chi connectivity index (χ4n) is 2.98. The minimum Gasteiger partial charge on any atom is -0.393 e.